The van der Waals surface area contributed by atoms with Gasteiger partial charge in [0, 0.05) is 16.0 Å². The molecular formula is C38H52S4. The van der Waals surface area contributed by atoms with Gasteiger partial charge in [0.25, 0.3) is 0 Å². The molecule has 0 aliphatic carbocycles. The highest BCUT2D eigenvalue weighted by atomic mass is 32.2. The second-order valence-electron chi connectivity index (χ2n) is 11.4. The third kappa shape index (κ3) is 13.3. The highest BCUT2D eigenvalue weighted by molar-refractivity contribution is 8.34. The van der Waals surface area contributed by atoms with Crippen LogP contribution in [0.5, 0.6) is 0 Å². The Hall–Kier alpha value is -1.04. The van der Waals surface area contributed by atoms with E-state index in [1.54, 1.807) is 4.91 Å². The molecule has 0 spiro atoms. The lowest BCUT2D eigenvalue weighted by Gasteiger charge is -2.05. The van der Waals surface area contributed by atoms with Gasteiger partial charge in [-0.25, -0.2) is 0 Å². The molecule has 0 amide bonds. The number of benzene rings is 1. The van der Waals surface area contributed by atoms with E-state index in [1.807, 2.05) is 54.0 Å². The maximum atomic E-state index is 3.59. The first-order valence-corrected chi connectivity index (χ1v) is 19.8. The van der Waals surface area contributed by atoms with Gasteiger partial charge in [-0.15, -0.1) is 5.92 Å². The molecule has 2 aliphatic heterocycles. The fourth-order valence-corrected chi connectivity index (χ4v) is 10.8. The first-order chi connectivity index (χ1) is 20.6. The van der Waals surface area contributed by atoms with Crippen molar-refractivity contribution >= 4 is 47.0 Å². The van der Waals surface area contributed by atoms with E-state index in [9.17, 15) is 0 Å². The largest absolute Gasteiger partial charge is 0.101 e. The van der Waals surface area contributed by atoms with Crippen LogP contribution in [0, 0.1) is 23.7 Å². The number of rotatable bonds is 18. The van der Waals surface area contributed by atoms with Gasteiger partial charge < -0.3 is 0 Å². The average molecular weight is 637 g/mol. The Labute approximate surface area is 276 Å². The van der Waals surface area contributed by atoms with E-state index in [-0.39, 0.29) is 0 Å². The summed E-state index contributed by atoms with van der Waals surface area (Å²) in [6.45, 7) is 8.80. The summed E-state index contributed by atoms with van der Waals surface area (Å²) < 4.78 is 2.95. The van der Waals surface area contributed by atoms with Gasteiger partial charge in [0.05, 0.1) is 13.4 Å². The van der Waals surface area contributed by atoms with Crippen LogP contribution in [0.15, 0.2) is 52.4 Å². The third-order valence-corrected chi connectivity index (χ3v) is 13.5. The molecule has 42 heavy (non-hydrogen) atoms. The SMILES string of the molecule is CC#Cc1ccc(C#CC2=C(CCCCCCCCCC)S/C(=C3\SC(C)=C(CCCCCCCCCC)S3)S2)cc1. The minimum absolute atomic E-state index is 1.05. The second kappa shape index (κ2) is 21.6. The molecule has 4 heteroatoms. The normalized spacial score (nSPS) is 16.6. The summed E-state index contributed by atoms with van der Waals surface area (Å²) in [5.74, 6) is 13.2. The molecule has 2 aliphatic rings. The predicted octanol–water partition coefficient (Wildman–Crippen LogP) is 14.0. The van der Waals surface area contributed by atoms with Gasteiger partial charge in [-0.2, -0.15) is 0 Å². The van der Waals surface area contributed by atoms with Gasteiger partial charge in [0.1, 0.15) is 0 Å². The lowest BCUT2D eigenvalue weighted by atomic mass is 10.1. The summed E-state index contributed by atoms with van der Waals surface area (Å²) in [6.07, 6.45) is 24.4. The fraction of sp³-hybridized carbons (Fsp3) is 0.579. The lowest BCUT2D eigenvalue weighted by molar-refractivity contribution is 0.577. The van der Waals surface area contributed by atoms with Gasteiger partial charge >= 0.3 is 0 Å². The third-order valence-electron chi connectivity index (χ3n) is 7.67. The fourth-order valence-electron chi connectivity index (χ4n) is 5.13. The van der Waals surface area contributed by atoms with E-state index in [0.717, 1.165) is 17.5 Å². The molecule has 0 saturated carbocycles. The smallest absolute Gasteiger partial charge is 0.0729 e. The molecule has 1 aromatic carbocycles. The van der Waals surface area contributed by atoms with Gasteiger partial charge in [-0.3, -0.25) is 0 Å². The number of unbranched alkanes of at least 4 members (excludes halogenated alkanes) is 14. The van der Waals surface area contributed by atoms with Gasteiger partial charge in [-0.05, 0) is 73.6 Å². The van der Waals surface area contributed by atoms with Crippen LogP contribution in [0.25, 0.3) is 0 Å². The maximum absolute atomic E-state index is 3.59. The first-order valence-electron chi connectivity index (χ1n) is 16.6. The Morgan fingerprint density at radius 1 is 0.500 bits per heavy atom. The minimum Gasteiger partial charge on any atom is -0.101 e. The predicted molar refractivity (Wildman–Crippen MR) is 197 cm³/mol. The standard InChI is InChI=1S/C38H52S4/c1-5-8-10-12-14-16-18-20-23-34-31(4)39-37(40-34)38-41-35(24-21-19-17-15-13-11-9-6-2)36(42-38)30-29-33-27-25-32(22-7-3)26-28-33/h25-28H,5-6,8-21,23-24H2,1-4H3/b38-37-. The van der Waals surface area contributed by atoms with Crippen LogP contribution >= 0.6 is 47.0 Å². The van der Waals surface area contributed by atoms with Crippen molar-refractivity contribution in [3.63, 3.8) is 0 Å². The molecule has 0 aromatic heterocycles. The van der Waals surface area contributed by atoms with Crippen LogP contribution in [0.3, 0.4) is 0 Å². The van der Waals surface area contributed by atoms with Gasteiger partial charge in [0.2, 0.25) is 0 Å². The zero-order valence-corrected chi connectivity index (χ0v) is 29.9. The molecule has 0 fully saturated rings. The summed E-state index contributed by atoms with van der Waals surface area (Å²) in [5, 5.41) is 0. The second-order valence-corrected chi connectivity index (χ2v) is 16.3. The molecule has 2 heterocycles. The number of hydrogen-bond donors (Lipinski definition) is 0. The van der Waals surface area contributed by atoms with Crippen molar-refractivity contribution < 1.29 is 0 Å². The summed E-state index contributed by atoms with van der Waals surface area (Å²) in [5.41, 5.74) is 2.12. The minimum atomic E-state index is 1.05. The number of allylic oxidation sites excluding steroid dienone is 4. The van der Waals surface area contributed by atoms with E-state index in [2.05, 4.69) is 68.7 Å². The summed E-state index contributed by atoms with van der Waals surface area (Å²) in [7, 11) is 0. The van der Waals surface area contributed by atoms with Crippen LogP contribution in [0.4, 0.5) is 0 Å². The van der Waals surface area contributed by atoms with Crippen molar-refractivity contribution in [3.05, 3.63) is 63.5 Å². The van der Waals surface area contributed by atoms with Crippen LogP contribution in [0.2, 0.25) is 0 Å². The van der Waals surface area contributed by atoms with Crippen molar-refractivity contribution in [2.45, 2.75) is 143 Å². The molecule has 0 unspecified atom stereocenters. The van der Waals surface area contributed by atoms with E-state index >= 15 is 0 Å². The number of thioether (sulfide) groups is 4. The molecular weight excluding hydrogens is 585 g/mol. The molecule has 3 rings (SSSR count). The van der Waals surface area contributed by atoms with Gasteiger partial charge in [-0.1, -0.05) is 169 Å². The molecule has 0 bridgehead atoms. The summed E-state index contributed by atoms with van der Waals surface area (Å²) in [6, 6.07) is 8.36. The highest BCUT2D eigenvalue weighted by Crippen LogP contribution is 2.61. The van der Waals surface area contributed by atoms with Crippen LogP contribution in [-0.4, -0.2) is 0 Å². The molecule has 0 nitrogen and oxygen atoms in total. The molecule has 1 aromatic rings. The topological polar surface area (TPSA) is 0 Å². The molecule has 0 N–H and O–H groups in total. The van der Waals surface area contributed by atoms with E-state index < -0.39 is 0 Å². The van der Waals surface area contributed by atoms with E-state index in [1.165, 1.54) is 132 Å². The van der Waals surface area contributed by atoms with Gasteiger partial charge in [0.15, 0.2) is 0 Å². The quantitative estimate of drug-likeness (QED) is 0.116. The maximum Gasteiger partial charge on any atom is 0.0729 e. The van der Waals surface area contributed by atoms with Crippen LogP contribution < -0.4 is 0 Å². The molecule has 0 atom stereocenters. The van der Waals surface area contributed by atoms with Crippen molar-refractivity contribution in [2.75, 3.05) is 0 Å². The zero-order chi connectivity index (χ0) is 29.8. The van der Waals surface area contributed by atoms with Crippen molar-refractivity contribution in [2.24, 2.45) is 0 Å². The van der Waals surface area contributed by atoms with E-state index in [4.69, 9.17) is 0 Å². The lowest BCUT2D eigenvalue weighted by Crippen LogP contribution is -1.83. The van der Waals surface area contributed by atoms with Crippen molar-refractivity contribution in [1.82, 2.24) is 0 Å². The monoisotopic (exact) mass is 636 g/mol. The molecule has 0 radical (unpaired) electrons. The van der Waals surface area contributed by atoms with Crippen LogP contribution in [0.1, 0.15) is 154 Å². The first kappa shape index (κ1) is 35.4. The zero-order valence-electron chi connectivity index (χ0n) is 26.7. The summed E-state index contributed by atoms with van der Waals surface area (Å²) in [4.78, 5) is 5.89. The summed E-state index contributed by atoms with van der Waals surface area (Å²) >= 11 is 8.00. The van der Waals surface area contributed by atoms with Crippen molar-refractivity contribution in [1.29, 1.82) is 0 Å². The Bertz CT molecular complexity index is 1180. The Morgan fingerprint density at radius 3 is 1.50 bits per heavy atom. The Kier molecular flexibility index (Phi) is 18.2. The average Bonchev–Trinajstić information content (AvgIpc) is 3.58. The Balaban J connectivity index is 1.56. The Morgan fingerprint density at radius 2 is 0.952 bits per heavy atom. The van der Waals surface area contributed by atoms with Crippen molar-refractivity contribution in [3.8, 4) is 23.7 Å². The molecule has 228 valence electrons. The van der Waals surface area contributed by atoms with E-state index in [0.29, 0.717) is 0 Å². The number of hydrogen-bond acceptors (Lipinski definition) is 4. The molecule has 0 saturated heterocycles. The highest BCUT2D eigenvalue weighted by Gasteiger charge is 2.27. The van der Waals surface area contributed by atoms with Crippen LogP contribution in [-0.2, 0) is 0 Å².